The second-order valence-electron chi connectivity index (χ2n) is 5.28. The number of rotatable bonds is 6. The van der Waals surface area contributed by atoms with Crippen molar-refractivity contribution < 1.29 is 9.53 Å². The zero-order valence-electron chi connectivity index (χ0n) is 13.7. The number of hydrogen-bond donors (Lipinski definition) is 1. The summed E-state index contributed by atoms with van der Waals surface area (Å²) in [5.74, 6) is 2.20. The van der Waals surface area contributed by atoms with Gasteiger partial charge >= 0.3 is 0 Å². The van der Waals surface area contributed by atoms with Crippen LogP contribution in [0.25, 0.3) is 11.0 Å². The second-order valence-corrected chi connectivity index (χ2v) is 6.15. The number of aromatic nitrogens is 2. The van der Waals surface area contributed by atoms with E-state index in [4.69, 9.17) is 4.74 Å². The Morgan fingerprint density at radius 1 is 1.21 bits per heavy atom. The van der Waals surface area contributed by atoms with Gasteiger partial charge in [0.2, 0.25) is 5.91 Å². The summed E-state index contributed by atoms with van der Waals surface area (Å²) in [5.41, 5.74) is 2.55. The predicted octanol–water partition coefficient (Wildman–Crippen LogP) is 3.55. The summed E-state index contributed by atoms with van der Waals surface area (Å²) < 4.78 is 7.25. The van der Waals surface area contributed by atoms with E-state index in [1.807, 2.05) is 59.4 Å². The summed E-state index contributed by atoms with van der Waals surface area (Å²) in [7, 11) is 1.59. The minimum atomic E-state index is -0.106. The van der Waals surface area contributed by atoms with Crippen molar-refractivity contribution >= 4 is 34.4 Å². The number of para-hydroxylation sites is 4. The lowest BCUT2D eigenvalue weighted by Gasteiger charge is -2.12. The lowest BCUT2D eigenvalue weighted by atomic mass is 10.3. The number of ether oxygens (including phenoxy) is 1. The van der Waals surface area contributed by atoms with Crippen LogP contribution in [0.1, 0.15) is 5.82 Å². The molecule has 124 valence electrons. The Balaban J connectivity index is 1.86. The molecule has 1 amide bonds. The van der Waals surface area contributed by atoms with Crippen LogP contribution in [0, 0.1) is 0 Å². The summed E-state index contributed by atoms with van der Waals surface area (Å²) in [6.07, 6.45) is 2.03. The topological polar surface area (TPSA) is 56.1 Å². The van der Waals surface area contributed by atoms with Gasteiger partial charge in [-0.25, -0.2) is 4.98 Å². The van der Waals surface area contributed by atoms with Crippen LogP contribution >= 0.6 is 11.8 Å². The molecule has 3 rings (SSSR count). The van der Waals surface area contributed by atoms with Crippen LogP contribution in [0.15, 0.2) is 48.5 Å². The van der Waals surface area contributed by atoms with E-state index in [1.165, 1.54) is 0 Å². The SMILES string of the molecule is COc1ccccc1NC(=O)Cn1c(CSC)nc2ccccc21. The van der Waals surface area contributed by atoms with Gasteiger partial charge in [-0.3, -0.25) is 4.79 Å². The van der Waals surface area contributed by atoms with Crippen molar-refractivity contribution in [1.29, 1.82) is 0 Å². The number of methoxy groups -OCH3 is 1. The number of imidazole rings is 1. The fourth-order valence-electron chi connectivity index (χ4n) is 2.62. The fourth-order valence-corrected chi connectivity index (χ4v) is 3.10. The first kappa shape index (κ1) is 16.4. The number of carbonyl (C=O) groups excluding carboxylic acids is 1. The van der Waals surface area contributed by atoms with E-state index in [1.54, 1.807) is 18.9 Å². The highest BCUT2D eigenvalue weighted by Gasteiger charge is 2.14. The number of nitrogens with zero attached hydrogens (tertiary/aromatic N) is 2. The Morgan fingerprint density at radius 2 is 1.96 bits per heavy atom. The lowest BCUT2D eigenvalue weighted by molar-refractivity contribution is -0.116. The molecule has 3 aromatic rings. The molecule has 2 aromatic carbocycles. The first-order valence-corrected chi connectivity index (χ1v) is 8.98. The molecule has 5 nitrogen and oxygen atoms in total. The van der Waals surface area contributed by atoms with Gasteiger partial charge in [0.25, 0.3) is 0 Å². The quantitative estimate of drug-likeness (QED) is 0.745. The number of fused-ring (bicyclic) bond motifs is 1. The molecule has 0 saturated carbocycles. The van der Waals surface area contributed by atoms with E-state index in [0.29, 0.717) is 11.4 Å². The zero-order chi connectivity index (χ0) is 16.9. The van der Waals surface area contributed by atoms with Gasteiger partial charge in [-0.05, 0) is 30.5 Å². The third-order valence-corrected chi connectivity index (χ3v) is 4.24. The van der Waals surface area contributed by atoms with Gasteiger partial charge in [-0.1, -0.05) is 24.3 Å². The molecule has 1 N–H and O–H groups in total. The van der Waals surface area contributed by atoms with Crippen molar-refractivity contribution in [2.75, 3.05) is 18.7 Å². The minimum absolute atomic E-state index is 0.106. The van der Waals surface area contributed by atoms with Gasteiger partial charge in [-0.2, -0.15) is 11.8 Å². The predicted molar refractivity (Wildman–Crippen MR) is 98.6 cm³/mol. The Bertz CT molecular complexity index is 860. The highest BCUT2D eigenvalue weighted by molar-refractivity contribution is 7.97. The van der Waals surface area contributed by atoms with Gasteiger partial charge < -0.3 is 14.6 Å². The molecule has 0 spiro atoms. The third-order valence-electron chi connectivity index (χ3n) is 3.69. The van der Waals surface area contributed by atoms with E-state index in [-0.39, 0.29) is 12.5 Å². The average Bonchev–Trinajstić information content (AvgIpc) is 2.93. The monoisotopic (exact) mass is 341 g/mol. The molecule has 0 unspecified atom stereocenters. The van der Waals surface area contributed by atoms with Crippen LogP contribution in [0.2, 0.25) is 0 Å². The van der Waals surface area contributed by atoms with Gasteiger partial charge in [0.1, 0.15) is 18.1 Å². The van der Waals surface area contributed by atoms with Crippen LogP contribution in [0.5, 0.6) is 5.75 Å². The summed E-state index contributed by atoms with van der Waals surface area (Å²) >= 11 is 1.69. The van der Waals surface area contributed by atoms with Crippen LogP contribution < -0.4 is 10.1 Å². The third kappa shape index (κ3) is 3.38. The first-order chi connectivity index (χ1) is 11.7. The maximum atomic E-state index is 12.5. The minimum Gasteiger partial charge on any atom is -0.495 e. The van der Waals surface area contributed by atoms with Crippen molar-refractivity contribution in [3.05, 3.63) is 54.4 Å². The van der Waals surface area contributed by atoms with E-state index in [2.05, 4.69) is 10.3 Å². The molecule has 0 radical (unpaired) electrons. The molecule has 0 atom stereocenters. The average molecular weight is 341 g/mol. The van der Waals surface area contributed by atoms with E-state index in [9.17, 15) is 4.79 Å². The zero-order valence-corrected chi connectivity index (χ0v) is 14.5. The second kappa shape index (κ2) is 7.40. The normalized spacial score (nSPS) is 10.8. The highest BCUT2D eigenvalue weighted by atomic mass is 32.2. The highest BCUT2D eigenvalue weighted by Crippen LogP contribution is 2.24. The van der Waals surface area contributed by atoms with Crippen LogP contribution in [0.3, 0.4) is 0 Å². The van der Waals surface area contributed by atoms with Gasteiger partial charge in [0.15, 0.2) is 0 Å². The first-order valence-electron chi connectivity index (χ1n) is 7.59. The van der Waals surface area contributed by atoms with Crippen molar-refractivity contribution in [3.8, 4) is 5.75 Å². The van der Waals surface area contributed by atoms with Gasteiger partial charge in [0, 0.05) is 0 Å². The summed E-state index contributed by atoms with van der Waals surface area (Å²) in [5, 5.41) is 2.91. The number of benzene rings is 2. The fraction of sp³-hybridized carbons (Fsp3) is 0.222. The van der Waals surface area contributed by atoms with Crippen molar-refractivity contribution in [2.24, 2.45) is 0 Å². The molecule has 1 aromatic heterocycles. The van der Waals surface area contributed by atoms with Crippen LogP contribution in [-0.2, 0) is 17.1 Å². The summed E-state index contributed by atoms with van der Waals surface area (Å²) in [6, 6.07) is 15.3. The number of carbonyl (C=O) groups is 1. The Kier molecular flexibility index (Phi) is 5.05. The number of nitrogens with one attached hydrogen (secondary N) is 1. The molecule has 24 heavy (non-hydrogen) atoms. The Hall–Kier alpha value is -2.47. The Morgan fingerprint density at radius 3 is 2.75 bits per heavy atom. The molecule has 0 aliphatic heterocycles. The lowest BCUT2D eigenvalue weighted by Crippen LogP contribution is -2.20. The Labute approximate surface area is 145 Å². The number of hydrogen-bond acceptors (Lipinski definition) is 4. The van der Waals surface area contributed by atoms with Crippen molar-refractivity contribution in [3.63, 3.8) is 0 Å². The number of amides is 1. The molecule has 0 aliphatic rings. The molecular formula is C18H19N3O2S. The van der Waals surface area contributed by atoms with Crippen LogP contribution in [-0.4, -0.2) is 28.8 Å². The molecule has 6 heteroatoms. The molecular weight excluding hydrogens is 322 g/mol. The van der Waals surface area contributed by atoms with Crippen molar-refractivity contribution in [1.82, 2.24) is 9.55 Å². The van der Waals surface area contributed by atoms with Gasteiger partial charge in [0.05, 0.1) is 29.6 Å². The molecule has 1 heterocycles. The summed E-state index contributed by atoms with van der Waals surface area (Å²) in [6.45, 7) is 0.217. The number of thioether (sulfide) groups is 1. The maximum absolute atomic E-state index is 12.5. The molecule has 0 fully saturated rings. The maximum Gasteiger partial charge on any atom is 0.244 e. The smallest absolute Gasteiger partial charge is 0.244 e. The van der Waals surface area contributed by atoms with Crippen LogP contribution in [0.4, 0.5) is 5.69 Å². The van der Waals surface area contributed by atoms with E-state index in [0.717, 1.165) is 22.6 Å². The summed E-state index contributed by atoms with van der Waals surface area (Å²) in [4.78, 5) is 17.2. The molecule has 0 saturated heterocycles. The molecule has 0 bridgehead atoms. The van der Waals surface area contributed by atoms with Gasteiger partial charge in [-0.15, -0.1) is 0 Å². The number of anilines is 1. The standard InChI is InChI=1S/C18H19N3O2S/c1-23-16-10-6-4-8-14(16)20-18(22)11-21-15-9-5-3-7-13(15)19-17(21)12-24-2/h3-10H,11-12H2,1-2H3,(H,20,22). The van der Waals surface area contributed by atoms with E-state index >= 15 is 0 Å². The van der Waals surface area contributed by atoms with Crippen molar-refractivity contribution in [2.45, 2.75) is 12.3 Å². The molecule has 0 aliphatic carbocycles. The largest absolute Gasteiger partial charge is 0.495 e. The van der Waals surface area contributed by atoms with E-state index < -0.39 is 0 Å².